The fraction of sp³-hybridized carbons (Fsp3) is 0.500. The molecule has 0 aliphatic heterocycles. The molecule has 3 nitrogen and oxygen atoms in total. The van der Waals surface area contributed by atoms with E-state index >= 15 is 0 Å². The lowest BCUT2D eigenvalue weighted by atomic mass is 9.89. The Labute approximate surface area is 129 Å². The van der Waals surface area contributed by atoms with Gasteiger partial charge in [-0.05, 0) is 53.9 Å². The van der Waals surface area contributed by atoms with Gasteiger partial charge in [0.05, 0.1) is 17.2 Å². The van der Waals surface area contributed by atoms with Crippen LogP contribution in [-0.2, 0) is 10.9 Å². The van der Waals surface area contributed by atoms with Gasteiger partial charge in [0.15, 0.2) is 0 Å². The molecule has 2 rings (SSSR count). The Bertz CT molecular complexity index is 527. The summed E-state index contributed by atoms with van der Waals surface area (Å²) < 4.78 is 43.7. The van der Waals surface area contributed by atoms with E-state index in [1.807, 2.05) is 6.92 Å². The fourth-order valence-corrected chi connectivity index (χ4v) is 2.62. The SMILES string of the molecule is CCOC1CC(NC(=O)c2cc(C(F)(F)F)ccc2Br)C1. The van der Waals surface area contributed by atoms with E-state index in [4.69, 9.17) is 4.74 Å². The van der Waals surface area contributed by atoms with Crippen molar-refractivity contribution in [3.05, 3.63) is 33.8 Å². The van der Waals surface area contributed by atoms with Gasteiger partial charge in [-0.15, -0.1) is 0 Å². The Morgan fingerprint density at radius 1 is 1.43 bits per heavy atom. The van der Waals surface area contributed by atoms with Crippen molar-refractivity contribution < 1.29 is 22.7 Å². The van der Waals surface area contributed by atoms with Gasteiger partial charge in [0, 0.05) is 17.1 Å². The van der Waals surface area contributed by atoms with Crippen LogP contribution in [0, 0.1) is 0 Å². The second-order valence-electron chi connectivity index (χ2n) is 4.91. The van der Waals surface area contributed by atoms with Crippen molar-refractivity contribution in [1.29, 1.82) is 0 Å². The molecule has 0 aromatic heterocycles. The van der Waals surface area contributed by atoms with E-state index in [9.17, 15) is 18.0 Å². The predicted octanol–water partition coefficient (Wildman–Crippen LogP) is 3.77. The van der Waals surface area contributed by atoms with Gasteiger partial charge in [-0.25, -0.2) is 0 Å². The minimum atomic E-state index is -4.47. The normalized spacial score (nSPS) is 21.8. The number of benzene rings is 1. The number of carbonyl (C=O) groups excluding carboxylic acids is 1. The third-order valence-electron chi connectivity index (χ3n) is 3.37. The highest BCUT2D eigenvalue weighted by molar-refractivity contribution is 9.10. The summed E-state index contributed by atoms with van der Waals surface area (Å²) in [6.07, 6.45) is -2.95. The van der Waals surface area contributed by atoms with Crippen LogP contribution in [0.2, 0.25) is 0 Å². The van der Waals surface area contributed by atoms with E-state index in [1.165, 1.54) is 6.07 Å². The van der Waals surface area contributed by atoms with Crippen molar-refractivity contribution in [2.75, 3.05) is 6.61 Å². The van der Waals surface area contributed by atoms with Crippen LogP contribution in [0.5, 0.6) is 0 Å². The van der Waals surface area contributed by atoms with Gasteiger partial charge >= 0.3 is 6.18 Å². The molecular weight excluding hydrogens is 351 g/mol. The Morgan fingerprint density at radius 2 is 2.10 bits per heavy atom. The summed E-state index contributed by atoms with van der Waals surface area (Å²) in [5.41, 5.74) is -0.846. The quantitative estimate of drug-likeness (QED) is 0.881. The maximum atomic E-state index is 12.7. The van der Waals surface area contributed by atoms with Gasteiger partial charge in [-0.1, -0.05) is 0 Å². The molecule has 1 aromatic rings. The Morgan fingerprint density at radius 3 is 2.67 bits per heavy atom. The van der Waals surface area contributed by atoms with Crippen LogP contribution in [0.3, 0.4) is 0 Å². The average molecular weight is 366 g/mol. The van der Waals surface area contributed by atoms with Crippen molar-refractivity contribution >= 4 is 21.8 Å². The molecule has 1 aromatic carbocycles. The number of carbonyl (C=O) groups is 1. The van der Waals surface area contributed by atoms with Crippen LogP contribution in [0.1, 0.15) is 35.7 Å². The third-order valence-corrected chi connectivity index (χ3v) is 4.06. The molecule has 0 heterocycles. The smallest absolute Gasteiger partial charge is 0.378 e. The van der Waals surface area contributed by atoms with Crippen LogP contribution in [0.15, 0.2) is 22.7 Å². The number of hydrogen-bond acceptors (Lipinski definition) is 2. The number of hydrogen-bond donors (Lipinski definition) is 1. The molecule has 1 saturated carbocycles. The topological polar surface area (TPSA) is 38.3 Å². The average Bonchev–Trinajstić information content (AvgIpc) is 2.35. The first-order valence-electron chi connectivity index (χ1n) is 6.60. The van der Waals surface area contributed by atoms with E-state index < -0.39 is 17.6 Å². The van der Waals surface area contributed by atoms with Gasteiger partial charge in [-0.2, -0.15) is 13.2 Å². The molecule has 0 unspecified atom stereocenters. The highest BCUT2D eigenvalue weighted by Gasteiger charge is 2.33. The van der Waals surface area contributed by atoms with Crippen LogP contribution in [-0.4, -0.2) is 24.7 Å². The van der Waals surface area contributed by atoms with Crippen molar-refractivity contribution in [1.82, 2.24) is 5.32 Å². The molecule has 21 heavy (non-hydrogen) atoms. The molecule has 0 atom stereocenters. The van der Waals surface area contributed by atoms with Crippen molar-refractivity contribution in [2.45, 2.75) is 38.1 Å². The molecular formula is C14H15BrF3NO2. The largest absolute Gasteiger partial charge is 0.416 e. The summed E-state index contributed by atoms with van der Waals surface area (Å²) in [6, 6.07) is 2.99. The van der Waals surface area contributed by atoms with Gasteiger partial charge in [0.25, 0.3) is 5.91 Å². The maximum Gasteiger partial charge on any atom is 0.416 e. The molecule has 1 aliphatic carbocycles. The summed E-state index contributed by atoms with van der Waals surface area (Å²) in [4.78, 5) is 12.1. The molecule has 7 heteroatoms. The Hall–Kier alpha value is -1.08. The first kappa shape index (κ1) is 16.3. The number of amides is 1. The third kappa shape index (κ3) is 3.97. The summed E-state index contributed by atoms with van der Waals surface area (Å²) in [7, 11) is 0. The van der Waals surface area contributed by atoms with E-state index in [1.54, 1.807) is 0 Å². The first-order valence-corrected chi connectivity index (χ1v) is 7.39. The molecule has 1 aliphatic rings. The molecule has 0 bridgehead atoms. The van der Waals surface area contributed by atoms with Gasteiger partial charge < -0.3 is 10.1 Å². The van der Waals surface area contributed by atoms with E-state index in [-0.39, 0.29) is 17.7 Å². The molecule has 1 fully saturated rings. The molecule has 1 N–H and O–H groups in total. The fourth-order valence-electron chi connectivity index (χ4n) is 2.19. The van der Waals surface area contributed by atoms with E-state index in [2.05, 4.69) is 21.2 Å². The van der Waals surface area contributed by atoms with Crippen molar-refractivity contribution in [2.24, 2.45) is 0 Å². The molecule has 0 spiro atoms. The van der Waals surface area contributed by atoms with E-state index in [0.29, 0.717) is 23.9 Å². The maximum absolute atomic E-state index is 12.7. The van der Waals surface area contributed by atoms with Crippen LogP contribution >= 0.6 is 15.9 Å². The number of alkyl halides is 3. The van der Waals surface area contributed by atoms with Crippen LogP contribution < -0.4 is 5.32 Å². The number of nitrogens with one attached hydrogen (secondary N) is 1. The monoisotopic (exact) mass is 365 g/mol. The Balaban J connectivity index is 2.03. The summed E-state index contributed by atoms with van der Waals surface area (Å²) in [5.74, 6) is -0.507. The highest BCUT2D eigenvalue weighted by Crippen LogP contribution is 2.32. The number of ether oxygens (including phenoxy) is 1. The zero-order valence-electron chi connectivity index (χ0n) is 11.3. The lowest BCUT2D eigenvalue weighted by Gasteiger charge is -2.35. The summed E-state index contributed by atoms with van der Waals surface area (Å²) in [5, 5.41) is 2.72. The summed E-state index contributed by atoms with van der Waals surface area (Å²) in [6.45, 7) is 2.51. The van der Waals surface area contributed by atoms with Gasteiger partial charge in [0.1, 0.15) is 0 Å². The van der Waals surface area contributed by atoms with Gasteiger partial charge in [-0.3, -0.25) is 4.79 Å². The molecule has 116 valence electrons. The minimum absolute atomic E-state index is 0.00955. The highest BCUT2D eigenvalue weighted by atomic mass is 79.9. The van der Waals surface area contributed by atoms with Gasteiger partial charge in [0.2, 0.25) is 0 Å². The van der Waals surface area contributed by atoms with Crippen molar-refractivity contribution in [3.8, 4) is 0 Å². The zero-order chi connectivity index (χ0) is 15.6. The molecule has 0 saturated heterocycles. The first-order chi connectivity index (χ1) is 9.81. The number of rotatable bonds is 4. The van der Waals surface area contributed by atoms with E-state index in [0.717, 1.165) is 12.1 Å². The minimum Gasteiger partial charge on any atom is -0.378 e. The predicted molar refractivity (Wildman–Crippen MR) is 75.0 cm³/mol. The lowest BCUT2D eigenvalue weighted by Crippen LogP contribution is -2.47. The van der Waals surface area contributed by atoms with Crippen molar-refractivity contribution in [3.63, 3.8) is 0 Å². The summed E-state index contributed by atoms with van der Waals surface area (Å²) >= 11 is 3.11. The second kappa shape index (κ2) is 6.36. The second-order valence-corrected chi connectivity index (χ2v) is 5.77. The number of halogens is 4. The Kier molecular flexibility index (Phi) is 4.93. The zero-order valence-corrected chi connectivity index (χ0v) is 12.9. The standard InChI is InChI=1S/C14H15BrF3NO2/c1-2-21-10-6-9(7-10)19-13(20)11-5-8(14(16,17)18)3-4-12(11)15/h3-5,9-10H,2,6-7H2,1H3,(H,19,20). The molecule has 1 amide bonds. The van der Waals surface area contributed by atoms with Crippen LogP contribution in [0.25, 0.3) is 0 Å². The van der Waals surface area contributed by atoms with Crippen LogP contribution in [0.4, 0.5) is 13.2 Å². The lowest BCUT2D eigenvalue weighted by molar-refractivity contribution is -0.137. The molecule has 0 radical (unpaired) electrons.